The topological polar surface area (TPSA) is 63.8 Å². The van der Waals surface area contributed by atoms with Crippen molar-refractivity contribution < 1.29 is 0 Å². The molecule has 0 spiro atoms. The molecular formula is C12H13IN4. The minimum absolute atomic E-state index is 0.0806. The highest BCUT2D eigenvalue weighted by Gasteiger charge is 2.16. The third kappa shape index (κ3) is 2.62. The quantitative estimate of drug-likeness (QED) is 0.509. The smallest absolute Gasteiger partial charge is 0.115 e. The average Bonchev–Trinajstić information content (AvgIpc) is 2.37. The van der Waals surface area contributed by atoms with Gasteiger partial charge in [-0.25, -0.2) is 15.4 Å². The van der Waals surface area contributed by atoms with Gasteiger partial charge >= 0.3 is 0 Å². The summed E-state index contributed by atoms with van der Waals surface area (Å²) >= 11 is 2.33. The van der Waals surface area contributed by atoms with Crippen LogP contribution in [-0.2, 0) is 0 Å². The molecule has 88 valence electrons. The van der Waals surface area contributed by atoms with Gasteiger partial charge in [0.25, 0.3) is 0 Å². The summed E-state index contributed by atoms with van der Waals surface area (Å²) in [5.74, 6) is 5.65. The van der Waals surface area contributed by atoms with Crippen molar-refractivity contribution in [2.45, 2.75) is 13.0 Å². The number of halogens is 1. The molecule has 2 aromatic rings. The number of aryl methyl sites for hydroxylation is 1. The maximum atomic E-state index is 5.65. The van der Waals surface area contributed by atoms with Gasteiger partial charge < -0.3 is 0 Å². The van der Waals surface area contributed by atoms with E-state index >= 15 is 0 Å². The summed E-state index contributed by atoms with van der Waals surface area (Å²) < 4.78 is 1.21. The summed E-state index contributed by atoms with van der Waals surface area (Å²) in [5, 5.41) is 0. The van der Waals surface area contributed by atoms with Crippen LogP contribution in [0.5, 0.6) is 0 Å². The van der Waals surface area contributed by atoms with Gasteiger partial charge in [0.1, 0.15) is 6.33 Å². The van der Waals surface area contributed by atoms with Crippen LogP contribution in [0.4, 0.5) is 0 Å². The van der Waals surface area contributed by atoms with Crippen LogP contribution in [0.2, 0.25) is 0 Å². The first-order valence-electron chi connectivity index (χ1n) is 5.20. The van der Waals surface area contributed by atoms with Crippen LogP contribution in [0.1, 0.15) is 22.7 Å². The van der Waals surface area contributed by atoms with Crippen molar-refractivity contribution in [2.75, 3.05) is 0 Å². The normalized spacial score (nSPS) is 12.4. The van der Waals surface area contributed by atoms with Gasteiger partial charge in [-0.2, -0.15) is 0 Å². The molecule has 0 bridgehead atoms. The number of benzene rings is 1. The molecule has 0 amide bonds. The molecule has 0 saturated carbocycles. The van der Waals surface area contributed by atoms with Crippen molar-refractivity contribution in [1.82, 2.24) is 15.4 Å². The minimum atomic E-state index is -0.0806. The van der Waals surface area contributed by atoms with Crippen LogP contribution in [0.15, 0.2) is 36.9 Å². The molecule has 0 saturated heterocycles. The predicted molar refractivity (Wildman–Crippen MR) is 75.1 cm³/mol. The highest BCUT2D eigenvalue weighted by atomic mass is 127. The van der Waals surface area contributed by atoms with Crippen molar-refractivity contribution in [2.24, 2.45) is 5.84 Å². The Morgan fingerprint density at radius 1 is 1.29 bits per heavy atom. The lowest BCUT2D eigenvalue weighted by Gasteiger charge is -2.18. The summed E-state index contributed by atoms with van der Waals surface area (Å²) in [4.78, 5) is 8.04. The molecule has 4 nitrogen and oxygen atoms in total. The van der Waals surface area contributed by atoms with E-state index in [9.17, 15) is 0 Å². The second-order valence-electron chi connectivity index (χ2n) is 3.75. The molecule has 17 heavy (non-hydrogen) atoms. The van der Waals surface area contributed by atoms with Crippen LogP contribution in [-0.4, -0.2) is 9.97 Å². The van der Waals surface area contributed by atoms with E-state index in [4.69, 9.17) is 5.84 Å². The van der Waals surface area contributed by atoms with E-state index in [2.05, 4.69) is 57.0 Å². The largest absolute Gasteiger partial charge is 0.271 e. The molecule has 1 atom stereocenters. The molecule has 0 aliphatic rings. The van der Waals surface area contributed by atoms with E-state index in [1.807, 2.05) is 6.07 Å². The van der Waals surface area contributed by atoms with E-state index in [0.717, 1.165) is 11.1 Å². The average molecular weight is 340 g/mol. The Morgan fingerprint density at radius 2 is 2.00 bits per heavy atom. The number of hydrogen-bond donors (Lipinski definition) is 2. The molecule has 0 aliphatic carbocycles. The lowest BCUT2D eigenvalue weighted by atomic mass is 10.0. The van der Waals surface area contributed by atoms with Gasteiger partial charge in [0, 0.05) is 21.5 Å². The SMILES string of the molecule is Cc1cccc(C(NN)c2cncnc2)c1I. The summed E-state index contributed by atoms with van der Waals surface area (Å²) in [6.07, 6.45) is 5.06. The summed E-state index contributed by atoms with van der Waals surface area (Å²) in [6, 6.07) is 6.09. The van der Waals surface area contributed by atoms with Crippen LogP contribution in [0, 0.1) is 10.5 Å². The third-order valence-corrected chi connectivity index (χ3v) is 4.09. The maximum Gasteiger partial charge on any atom is 0.115 e. The Balaban J connectivity index is 2.46. The van der Waals surface area contributed by atoms with Crippen molar-refractivity contribution >= 4 is 22.6 Å². The molecule has 3 N–H and O–H groups in total. The molecule has 1 unspecified atom stereocenters. The fraction of sp³-hybridized carbons (Fsp3) is 0.167. The Hall–Kier alpha value is -1.05. The first-order chi connectivity index (χ1) is 8.24. The Bertz CT molecular complexity index is 501. The van der Waals surface area contributed by atoms with Gasteiger partial charge in [-0.05, 0) is 40.6 Å². The molecule has 5 heteroatoms. The van der Waals surface area contributed by atoms with Gasteiger partial charge in [-0.15, -0.1) is 0 Å². The second kappa shape index (κ2) is 5.52. The van der Waals surface area contributed by atoms with Crippen LogP contribution < -0.4 is 11.3 Å². The third-order valence-electron chi connectivity index (χ3n) is 2.61. The van der Waals surface area contributed by atoms with E-state index in [0.29, 0.717) is 0 Å². The highest BCUT2D eigenvalue weighted by Crippen LogP contribution is 2.26. The van der Waals surface area contributed by atoms with E-state index in [-0.39, 0.29) is 6.04 Å². The summed E-state index contributed by atoms with van der Waals surface area (Å²) in [6.45, 7) is 2.08. The number of nitrogens with one attached hydrogen (secondary N) is 1. The number of rotatable bonds is 3. The zero-order valence-electron chi connectivity index (χ0n) is 9.39. The maximum absolute atomic E-state index is 5.65. The number of hydrazine groups is 1. The van der Waals surface area contributed by atoms with Gasteiger partial charge in [-0.1, -0.05) is 18.2 Å². The first-order valence-corrected chi connectivity index (χ1v) is 6.28. The van der Waals surface area contributed by atoms with E-state index < -0.39 is 0 Å². The van der Waals surface area contributed by atoms with Crippen LogP contribution >= 0.6 is 22.6 Å². The van der Waals surface area contributed by atoms with Gasteiger partial charge in [0.15, 0.2) is 0 Å². The lowest BCUT2D eigenvalue weighted by molar-refractivity contribution is 0.629. The Morgan fingerprint density at radius 3 is 2.65 bits per heavy atom. The lowest BCUT2D eigenvalue weighted by Crippen LogP contribution is -2.29. The number of nitrogens with zero attached hydrogens (tertiary/aromatic N) is 2. The van der Waals surface area contributed by atoms with Gasteiger partial charge in [0.2, 0.25) is 0 Å². The van der Waals surface area contributed by atoms with Gasteiger partial charge in [0.05, 0.1) is 6.04 Å². The molecular weight excluding hydrogens is 327 g/mol. The fourth-order valence-corrected chi connectivity index (χ4v) is 2.39. The number of nitrogens with two attached hydrogens (primary N) is 1. The van der Waals surface area contributed by atoms with Crippen LogP contribution in [0.3, 0.4) is 0 Å². The van der Waals surface area contributed by atoms with Gasteiger partial charge in [-0.3, -0.25) is 5.84 Å². The molecule has 1 heterocycles. The Labute approximate surface area is 114 Å². The fourth-order valence-electron chi connectivity index (χ4n) is 1.72. The van der Waals surface area contributed by atoms with Crippen molar-refractivity contribution in [3.8, 4) is 0 Å². The highest BCUT2D eigenvalue weighted by molar-refractivity contribution is 14.1. The predicted octanol–water partition coefficient (Wildman–Crippen LogP) is 1.94. The zero-order chi connectivity index (χ0) is 12.3. The number of aromatic nitrogens is 2. The molecule has 2 rings (SSSR count). The monoisotopic (exact) mass is 340 g/mol. The molecule has 0 aliphatic heterocycles. The van der Waals surface area contributed by atoms with Crippen LogP contribution in [0.25, 0.3) is 0 Å². The van der Waals surface area contributed by atoms with Crippen molar-refractivity contribution in [3.63, 3.8) is 0 Å². The Kier molecular flexibility index (Phi) is 4.03. The molecule has 0 radical (unpaired) electrons. The summed E-state index contributed by atoms with van der Waals surface area (Å²) in [5.41, 5.74) is 6.15. The molecule has 0 fully saturated rings. The number of hydrogen-bond acceptors (Lipinski definition) is 4. The molecule has 1 aromatic carbocycles. The minimum Gasteiger partial charge on any atom is -0.271 e. The van der Waals surface area contributed by atoms with Crippen molar-refractivity contribution in [3.05, 3.63) is 57.2 Å². The van der Waals surface area contributed by atoms with E-state index in [1.165, 1.54) is 15.5 Å². The van der Waals surface area contributed by atoms with Crippen molar-refractivity contribution in [1.29, 1.82) is 0 Å². The second-order valence-corrected chi connectivity index (χ2v) is 4.83. The molecule has 1 aromatic heterocycles. The van der Waals surface area contributed by atoms with E-state index in [1.54, 1.807) is 12.4 Å². The summed E-state index contributed by atoms with van der Waals surface area (Å²) in [7, 11) is 0. The zero-order valence-corrected chi connectivity index (χ0v) is 11.5. The first kappa shape index (κ1) is 12.4. The standard InChI is InChI=1S/C12H13IN4/c1-8-3-2-4-10(11(8)13)12(17-14)9-5-15-7-16-6-9/h2-7,12,17H,14H2,1H3.